The van der Waals surface area contributed by atoms with Crippen molar-refractivity contribution in [1.29, 1.82) is 0 Å². The lowest BCUT2D eigenvalue weighted by Crippen LogP contribution is -2.20. The molecule has 3 N–H and O–H groups in total. The van der Waals surface area contributed by atoms with Crippen molar-refractivity contribution in [2.24, 2.45) is 0 Å². The van der Waals surface area contributed by atoms with Crippen molar-refractivity contribution < 1.29 is 4.74 Å². The maximum atomic E-state index is 5.89. The highest BCUT2D eigenvalue weighted by Crippen LogP contribution is 2.24. The number of nitrogen functional groups attached to an aromatic ring is 1. The summed E-state index contributed by atoms with van der Waals surface area (Å²) in [5.41, 5.74) is 7.05. The molecule has 1 aromatic heterocycles. The highest BCUT2D eigenvalue weighted by Gasteiger charge is 2.12. The quantitative estimate of drug-likeness (QED) is 0.643. The van der Waals surface area contributed by atoms with E-state index in [4.69, 9.17) is 10.5 Å². The van der Waals surface area contributed by atoms with Gasteiger partial charge in [0, 0.05) is 6.04 Å². The van der Waals surface area contributed by atoms with Crippen LogP contribution >= 0.6 is 0 Å². The van der Waals surface area contributed by atoms with E-state index in [-0.39, 0.29) is 5.95 Å². The maximum Gasteiger partial charge on any atom is 0.222 e. The van der Waals surface area contributed by atoms with Gasteiger partial charge in [0.2, 0.25) is 5.95 Å². The van der Waals surface area contributed by atoms with Crippen molar-refractivity contribution in [2.45, 2.75) is 52.0 Å². The lowest BCUT2D eigenvalue weighted by Gasteiger charge is -2.19. The predicted molar refractivity (Wildman–Crippen MR) is 99.3 cm³/mol. The summed E-state index contributed by atoms with van der Waals surface area (Å²) in [6, 6.07) is 10.8. The third-order valence-corrected chi connectivity index (χ3v) is 3.95. The number of hydrogen-bond donors (Lipinski definition) is 2. The van der Waals surface area contributed by atoms with Gasteiger partial charge in [-0.15, -0.1) is 0 Å². The van der Waals surface area contributed by atoms with Crippen LogP contribution in [0, 0.1) is 0 Å². The zero-order chi connectivity index (χ0) is 17.2. The Balaban J connectivity index is 1.91. The fourth-order valence-electron chi connectivity index (χ4n) is 2.62. The molecule has 0 aliphatic carbocycles. The molecule has 1 atom stereocenters. The summed E-state index contributed by atoms with van der Waals surface area (Å²) in [4.78, 5) is 8.37. The fourth-order valence-corrected chi connectivity index (χ4v) is 2.62. The van der Waals surface area contributed by atoms with Gasteiger partial charge < -0.3 is 15.8 Å². The molecule has 0 aliphatic rings. The fraction of sp³-hybridized carbons (Fsp3) is 0.474. The molecule has 2 aromatic rings. The van der Waals surface area contributed by atoms with Crippen LogP contribution in [0.25, 0.3) is 0 Å². The second-order valence-electron chi connectivity index (χ2n) is 5.92. The summed E-state index contributed by atoms with van der Waals surface area (Å²) in [6.07, 6.45) is 6.84. The minimum Gasteiger partial charge on any atom is -0.488 e. The minimum atomic E-state index is 0.264. The van der Waals surface area contributed by atoms with Gasteiger partial charge in [0.15, 0.2) is 11.6 Å². The molecule has 1 heterocycles. The second-order valence-corrected chi connectivity index (χ2v) is 5.92. The van der Waals surface area contributed by atoms with Crippen LogP contribution in [0.4, 0.5) is 11.8 Å². The van der Waals surface area contributed by atoms with E-state index in [0.717, 1.165) is 32.1 Å². The number of rotatable bonds is 10. The first kappa shape index (κ1) is 18.0. The van der Waals surface area contributed by atoms with Crippen LogP contribution in [0.15, 0.2) is 36.5 Å². The van der Waals surface area contributed by atoms with Crippen LogP contribution in [-0.2, 0) is 6.42 Å². The highest BCUT2D eigenvalue weighted by atomic mass is 16.5. The van der Waals surface area contributed by atoms with E-state index in [0.29, 0.717) is 24.2 Å². The highest BCUT2D eigenvalue weighted by molar-refractivity contribution is 5.51. The summed E-state index contributed by atoms with van der Waals surface area (Å²) in [6.45, 7) is 4.97. The molecule has 0 aliphatic heterocycles. The smallest absolute Gasteiger partial charge is 0.222 e. The summed E-state index contributed by atoms with van der Waals surface area (Å²) in [7, 11) is 0. The van der Waals surface area contributed by atoms with Crippen LogP contribution in [0.3, 0.4) is 0 Å². The molecule has 1 aromatic carbocycles. The molecule has 0 unspecified atom stereocenters. The van der Waals surface area contributed by atoms with E-state index in [2.05, 4.69) is 53.4 Å². The van der Waals surface area contributed by atoms with Gasteiger partial charge in [0.1, 0.15) is 0 Å². The summed E-state index contributed by atoms with van der Waals surface area (Å²) >= 11 is 0. The summed E-state index contributed by atoms with van der Waals surface area (Å²) in [5, 5.41) is 3.44. The van der Waals surface area contributed by atoms with Gasteiger partial charge in [-0.2, -0.15) is 4.98 Å². The first-order valence-corrected chi connectivity index (χ1v) is 8.78. The lowest BCUT2D eigenvalue weighted by atomic mass is 10.1. The third-order valence-electron chi connectivity index (χ3n) is 3.95. The molecule has 0 spiro atoms. The van der Waals surface area contributed by atoms with Gasteiger partial charge in [-0.25, -0.2) is 4.98 Å². The zero-order valence-electron chi connectivity index (χ0n) is 14.7. The molecule has 0 bridgehead atoms. The molecule has 0 saturated heterocycles. The SMILES string of the molecule is CCC[C@@H](CC)Nc1nc(N)ncc1OCCCc1ccccc1. The number of nitrogens with two attached hydrogens (primary N) is 1. The van der Waals surface area contributed by atoms with Gasteiger partial charge in [-0.1, -0.05) is 50.6 Å². The van der Waals surface area contributed by atoms with Gasteiger partial charge in [0.05, 0.1) is 12.8 Å². The second kappa shape index (κ2) is 9.75. The monoisotopic (exact) mass is 328 g/mol. The van der Waals surface area contributed by atoms with Gasteiger partial charge >= 0.3 is 0 Å². The first-order chi connectivity index (χ1) is 11.7. The Bertz CT molecular complexity index is 604. The zero-order valence-corrected chi connectivity index (χ0v) is 14.7. The van der Waals surface area contributed by atoms with Crippen molar-refractivity contribution in [2.75, 3.05) is 17.7 Å². The van der Waals surface area contributed by atoms with Gasteiger partial charge in [0.25, 0.3) is 0 Å². The molecule has 24 heavy (non-hydrogen) atoms. The molecule has 0 fully saturated rings. The average Bonchev–Trinajstić information content (AvgIpc) is 2.60. The molecule has 5 heteroatoms. The Labute approximate surface area is 144 Å². The molecule has 2 rings (SSSR count). The molecule has 5 nitrogen and oxygen atoms in total. The number of nitrogens with one attached hydrogen (secondary N) is 1. The number of anilines is 2. The van der Waals surface area contributed by atoms with Crippen LogP contribution < -0.4 is 15.8 Å². The number of ether oxygens (including phenoxy) is 1. The molecular formula is C19H28N4O. The number of nitrogens with zero attached hydrogens (tertiary/aromatic N) is 2. The van der Waals surface area contributed by atoms with E-state index >= 15 is 0 Å². The van der Waals surface area contributed by atoms with Crippen molar-refractivity contribution in [3.05, 3.63) is 42.1 Å². The van der Waals surface area contributed by atoms with E-state index < -0.39 is 0 Å². The van der Waals surface area contributed by atoms with E-state index in [1.165, 1.54) is 5.56 Å². The Morgan fingerprint density at radius 1 is 1.21 bits per heavy atom. The minimum absolute atomic E-state index is 0.264. The lowest BCUT2D eigenvalue weighted by molar-refractivity contribution is 0.310. The average molecular weight is 328 g/mol. The first-order valence-electron chi connectivity index (χ1n) is 8.78. The van der Waals surface area contributed by atoms with E-state index in [1.54, 1.807) is 6.20 Å². The van der Waals surface area contributed by atoms with Crippen LogP contribution in [0.1, 0.15) is 45.1 Å². The van der Waals surface area contributed by atoms with Crippen LogP contribution in [-0.4, -0.2) is 22.6 Å². The number of benzene rings is 1. The van der Waals surface area contributed by atoms with Gasteiger partial charge in [-0.05, 0) is 31.2 Å². The van der Waals surface area contributed by atoms with Crippen molar-refractivity contribution >= 4 is 11.8 Å². The van der Waals surface area contributed by atoms with Gasteiger partial charge in [-0.3, -0.25) is 0 Å². The molecule has 0 radical (unpaired) electrons. The predicted octanol–water partition coefficient (Wildman–Crippen LogP) is 4.06. The van der Waals surface area contributed by atoms with E-state index in [1.807, 2.05) is 6.07 Å². The Morgan fingerprint density at radius 3 is 2.71 bits per heavy atom. The largest absolute Gasteiger partial charge is 0.488 e. The molecule has 0 saturated carbocycles. The third kappa shape index (κ3) is 5.72. The van der Waals surface area contributed by atoms with Crippen molar-refractivity contribution in [1.82, 2.24) is 9.97 Å². The van der Waals surface area contributed by atoms with E-state index in [9.17, 15) is 0 Å². The molecular weight excluding hydrogens is 300 g/mol. The molecule has 0 amide bonds. The molecule has 130 valence electrons. The number of aromatic nitrogens is 2. The topological polar surface area (TPSA) is 73.1 Å². The Kier molecular flexibility index (Phi) is 7.33. The number of hydrogen-bond acceptors (Lipinski definition) is 5. The standard InChI is InChI=1S/C19H28N4O/c1-3-9-16(4-2)22-18-17(14-21-19(20)23-18)24-13-8-12-15-10-6-5-7-11-15/h5-7,10-11,14,16H,3-4,8-9,12-13H2,1-2H3,(H3,20,21,22,23)/t16-/m1/s1. The maximum absolute atomic E-state index is 5.89. The van der Waals surface area contributed by atoms with Crippen LogP contribution in [0.5, 0.6) is 5.75 Å². The van der Waals surface area contributed by atoms with Crippen LogP contribution in [0.2, 0.25) is 0 Å². The number of aryl methyl sites for hydroxylation is 1. The Hall–Kier alpha value is -2.30. The van der Waals surface area contributed by atoms with Crippen molar-refractivity contribution in [3.8, 4) is 5.75 Å². The Morgan fingerprint density at radius 2 is 2.00 bits per heavy atom. The van der Waals surface area contributed by atoms with Crippen molar-refractivity contribution in [3.63, 3.8) is 0 Å². The summed E-state index contributed by atoms with van der Waals surface area (Å²) in [5.74, 6) is 1.63. The normalized spacial score (nSPS) is 11.9. The summed E-state index contributed by atoms with van der Waals surface area (Å²) < 4.78 is 5.89.